The van der Waals surface area contributed by atoms with Crippen LogP contribution >= 0.6 is 11.6 Å². The van der Waals surface area contributed by atoms with E-state index in [-0.39, 0.29) is 78.1 Å². The van der Waals surface area contributed by atoms with Crippen molar-refractivity contribution in [2.45, 2.75) is 41.5 Å². The molecule has 3 rings (SSSR count). The molecule has 1 radical (unpaired) electrons. The molecule has 8 heteroatoms. The van der Waals surface area contributed by atoms with E-state index in [4.69, 9.17) is 26.6 Å². The van der Waals surface area contributed by atoms with E-state index in [1.54, 1.807) is 0 Å². The summed E-state index contributed by atoms with van der Waals surface area (Å²) in [5.41, 5.74) is 9.68. The van der Waals surface area contributed by atoms with Crippen molar-refractivity contribution >= 4 is 34.4 Å². The van der Waals surface area contributed by atoms with Gasteiger partial charge in [0.25, 0.3) is 0 Å². The Kier molecular flexibility index (Phi) is 16.2. The Morgan fingerprint density at radius 2 is 0.970 bits per heavy atom. The van der Waals surface area contributed by atoms with Gasteiger partial charge < -0.3 is 37.2 Å². The topological polar surface area (TPSA) is 37.6 Å². The van der Waals surface area contributed by atoms with Crippen LogP contribution in [0, 0.1) is 68.5 Å². The molecule has 0 fully saturated rings. The number of hydrogen-bond donors (Lipinski definition) is 0. The summed E-state index contributed by atoms with van der Waals surface area (Å²) in [5, 5.41) is 0.622. The fourth-order valence-corrected chi connectivity index (χ4v) is 3.49. The third-order valence-corrected chi connectivity index (χ3v) is 5.19. The number of pyridine rings is 1. The fraction of sp³-hybridized carbons (Fsp3) is 0.240. The summed E-state index contributed by atoms with van der Waals surface area (Å²) in [5.74, 6) is 0. The molecule has 1 aromatic heterocycles. The van der Waals surface area contributed by atoms with Crippen molar-refractivity contribution in [3.63, 3.8) is 0 Å². The van der Waals surface area contributed by atoms with Gasteiger partial charge in [-0.2, -0.15) is 0 Å². The van der Waals surface area contributed by atoms with Crippen LogP contribution in [0.25, 0.3) is 0 Å². The van der Waals surface area contributed by atoms with Crippen LogP contribution in [0.4, 0.5) is 11.4 Å². The molecule has 0 N–H and O–H groups in total. The van der Waals surface area contributed by atoms with Gasteiger partial charge in [0.2, 0.25) is 0 Å². The van der Waals surface area contributed by atoms with Crippen molar-refractivity contribution in [1.82, 2.24) is 4.98 Å². The van der Waals surface area contributed by atoms with Gasteiger partial charge in [0, 0.05) is 5.02 Å². The summed E-state index contributed by atoms with van der Waals surface area (Å²) in [6.07, 6.45) is 0. The van der Waals surface area contributed by atoms with Gasteiger partial charge in [0.15, 0.2) is 0 Å². The first-order valence-corrected chi connectivity index (χ1v) is 10.1. The van der Waals surface area contributed by atoms with Crippen molar-refractivity contribution in [2.75, 3.05) is 0 Å². The van der Waals surface area contributed by atoms with Gasteiger partial charge in [0.1, 0.15) is 0 Å². The van der Waals surface area contributed by atoms with Crippen molar-refractivity contribution in [1.29, 1.82) is 0 Å². The second-order valence-electron chi connectivity index (χ2n) is 7.43. The second-order valence-corrected chi connectivity index (χ2v) is 7.87. The van der Waals surface area contributed by atoms with Crippen LogP contribution < -0.4 is 37.2 Å². The summed E-state index contributed by atoms with van der Waals surface area (Å²) in [6, 6.07) is 16.1. The molecule has 3 nitrogen and oxygen atoms in total. The van der Waals surface area contributed by atoms with Gasteiger partial charge in [-0.3, -0.25) is 9.98 Å². The molecular formula is C25H26Cl4N3Nd. The van der Waals surface area contributed by atoms with Crippen LogP contribution in [0.2, 0.25) is 5.02 Å². The largest absolute Gasteiger partial charge is 3.00 e. The van der Waals surface area contributed by atoms with Crippen molar-refractivity contribution in [3.8, 4) is 0 Å². The molecular weight excluding hydrogens is 628 g/mol. The minimum atomic E-state index is 0. The van der Waals surface area contributed by atoms with Crippen LogP contribution in [-0.2, 0) is 0 Å². The van der Waals surface area contributed by atoms with E-state index in [1.807, 2.05) is 38.1 Å². The normalized spacial score (nSPS) is 10.9. The molecule has 33 heavy (non-hydrogen) atoms. The number of rotatable bonds is 4. The second kappa shape index (κ2) is 15.4. The number of para-hydroxylation sites is 2. The summed E-state index contributed by atoms with van der Waals surface area (Å²) in [4.78, 5) is 14.5. The van der Waals surface area contributed by atoms with Gasteiger partial charge in [-0.15, -0.1) is 0 Å². The zero-order valence-electron chi connectivity index (χ0n) is 19.5. The molecule has 0 aliphatic rings. The number of benzene rings is 2. The van der Waals surface area contributed by atoms with E-state index in [2.05, 4.69) is 52.0 Å². The monoisotopic (exact) mass is 650 g/mol. The zero-order chi connectivity index (χ0) is 21.1. The molecule has 0 saturated carbocycles. The average molecular weight is 655 g/mol. The summed E-state index contributed by atoms with van der Waals surface area (Å²) < 4.78 is 0. The molecule has 2 aromatic carbocycles. The molecule has 0 saturated heterocycles. The quantitative estimate of drug-likeness (QED) is 0.309. The Bertz CT molecular complexity index is 1020. The zero-order valence-corrected chi connectivity index (χ0v) is 25.7. The number of aryl methyl sites for hydroxylation is 4. The standard InChI is InChI=1S/C25H26ClN3.3ClH.Nd/c1-15-9-7-10-16(2)24(15)27-19(5)22-13-21(26)14-23(29-22)20(6)28-25-17(3)11-8-12-18(25)4;;;;/h7-14H,1-6H3;3*1H;/q;;;;+3/p-3. The van der Waals surface area contributed by atoms with Gasteiger partial charge in [-0.1, -0.05) is 48.0 Å². The number of halogens is 4. The summed E-state index contributed by atoms with van der Waals surface area (Å²) in [7, 11) is 0. The molecule has 0 aliphatic carbocycles. The molecule has 3 aromatic rings. The first kappa shape index (κ1) is 34.6. The van der Waals surface area contributed by atoms with Gasteiger partial charge in [0.05, 0.1) is 34.2 Å². The predicted molar refractivity (Wildman–Crippen MR) is 125 cm³/mol. The molecule has 0 amide bonds. The maximum Gasteiger partial charge on any atom is 3.00 e. The molecule has 0 spiro atoms. The summed E-state index contributed by atoms with van der Waals surface area (Å²) in [6.45, 7) is 12.2. The molecule has 0 atom stereocenters. The summed E-state index contributed by atoms with van der Waals surface area (Å²) >= 11 is 6.42. The van der Waals surface area contributed by atoms with E-state index >= 15 is 0 Å². The maximum atomic E-state index is 6.42. The van der Waals surface area contributed by atoms with Crippen molar-refractivity contribution in [3.05, 3.63) is 87.2 Å². The van der Waals surface area contributed by atoms with Crippen LogP contribution in [0.5, 0.6) is 0 Å². The third-order valence-electron chi connectivity index (χ3n) is 4.97. The van der Waals surface area contributed by atoms with Crippen LogP contribution in [-0.4, -0.2) is 16.4 Å². The molecule has 0 aliphatic heterocycles. The Hall–Kier alpha value is -0.559. The van der Waals surface area contributed by atoms with E-state index in [0.717, 1.165) is 56.4 Å². The van der Waals surface area contributed by atoms with Crippen molar-refractivity contribution < 1.29 is 78.1 Å². The number of hydrogen-bond acceptors (Lipinski definition) is 3. The predicted octanol–water partition coefficient (Wildman–Crippen LogP) is -1.74. The van der Waals surface area contributed by atoms with Crippen LogP contribution in [0.3, 0.4) is 0 Å². The van der Waals surface area contributed by atoms with Gasteiger partial charge in [-0.05, 0) is 75.9 Å². The molecule has 173 valence electrons. The first-order chi connectivity index (χ1) is 13.8. The van der Waals surface area contributed by atoms with Crippen LogP contribution in [0.1, 0.15) is 47.5 Å². The van der Waals surface area contributed by atoms with E-state index < -0.39 is 0 Å². The van der Waals surface area contributed by atoms with Gasteiger partial charge in [-0.25, -0.2) is 4.98 Å². The maximum absolute atomic E-state index is 6.42. The Balaban J connectivity index is 0. The Labute approximate surface area is 253 Å². The SMILES string of the molecule is CC(=Nc1c(C)cccc1C)c1cc(Cl)cc(C(C)=Nc2c(C)cccc2C)n1.[Cl-].[Cl-].[Cl-].[Nd+3]. The van der Waals surface area contributed by atoms with E-state index in [1.165, 1.54) is 0 Å². The van der Waals surface area contributed by atoms with Gasteiger partial charge >= 0.3 is 40.8 Å². The minimum Gasteiger partial charge on any atom is -1.00 e. The average Bonchev–Trinajstić information content (AvgIpc) is 2.67. The Morgan fingerprint density at radius 1 is 0.667 bits per heavy atom. The number of nitrogens with zero attached hydrogens (tertiary/aromatic N) is 3. The fourth-order valence-electron chi connectivity index (χ4n) is 3.28. The Morgan fingerprint density at radius 3 is 1.27 bits per heavy atom. The van der Waals surface area contributed by atoms with Crippen molar-refractivity contribution in [2.24, 2.45) is 9.98 Å². The minimum absolute atomic E-state index is 0. The molecule has 0 bridgehead atoms. The first-order valence-electron chi connectivity index (χ1n) is 9.67. The number of aliphatic imine (C=N–C) groups is 2. The molecule has 1 heterocycles. The van der Waals surface area contributed by atoms with E-state index in [9.17, 15) is 0 Å². The van der Waals surface area contributed by atoms with Crippen LogP contribution in [0.15, 0.2) is 58.5 Å². The number of aromatic nitrogens is 1. The van der Waals surface area contributed by atoms with E-state index in [0.29, 0.717) is 5.02 Å². The third kappa shape index (κ3) is 8.87. The smallest absolute Gasteiger partial charge is 1.00 e. The molecule has 0 unspecified atom stereocenters.